The third-order valence-corrected chi connectivity index (χ3v) is 13.7. The van der Waals surface area contributed by atoms with Crippen molar-refractivity contribution in [3.63, 3.8) is 0 Å². The summed E-state index contributed by atoms with van der Waals surface area (Å²) in [5, 5.41) is 3.26. The molecule has 4 heteroatoms. The summed E-state index contributed by atoms with van der Waals surface area (Å²) >= 11 is 0. The highest BCUT2D eigenvalue weighted by molar-refractivity contribution is 7.85. The Hall–Kier alpha value is -3.70. The van der Waals surface area contributed by atoms with Crippen LogP contribution < -0.4 is 21.2 Å². The molecule has 2 nitrogen and oxygen atoms in total. The zero-order valence-corrected chi connectivity index (χ0v) is 23.1. The van der Waals surface area contributed by atoms with Crippen molar-refractivity contribution in [2.75, 3.05) is 0 Å². The highest BCUT2D eigenvalue weighted by atomic mass is 31.2. The first-order chi connectivity index (χ1) is 18.5. The minimum absolute atomic E-state index is 0.469. The maximum atomic E-state index is 15.8. The summed E-state index contributed by atoms with van der Waals surface area (Å²) in [7, 11) is -6.90. The van der Waals surface area contributed by atoms with E-state index in [0.29, 0.717) is 26.5 Å². The van der Waals surface area contributed by atoms with Crippen LogP contribution in [-0.2, 0) is 9.13 Å². The Morgan fingerprint density at radius 3 is 1.34 bits per heavy atom. The average molecular weight is 533 g/mol. The molecule has 1 atom stereocenters. The zero-order valence-electron chi connectivity index (χ0n) is 21.4. The summed E-state index contributed by atoms with van der Waals surface area (Å²) in [6.45, 7) is 6.59. The van der Waals surface area contributed by atoms with Crippen LogP contribution in [0.2, 0.25) is 0 Å². The van der Waals surface area contributed by atoms with E-state index in [0.717, 1.165) is 11.1 Å². The van der Waals surface area contributed by atoms with E-state index in [1.54, 1.807) is 0 Å². The van der Waals surface area contributed by atoms with E-state index in [4.69, 9.17) is 0 Å². The van der Waals surface area contributed by atoms with Crippen molar-refractivity contribution in [3.05, 3.63) is 169 Å². The second-order valence-corrected chi connectivity index (χ2v) is 15.1. The maximum absolute atomic E-state index is 15.8. The molecule has 0 spiro atoms. The summed E-state index contributed by atoms with van der Waals surface area (Å²) in [4.78, 5) is 0. The van der Waals surface area contributed by atoms with E-state index in [-0.39, 0.29) is 0 Å². The molecular formula is C34H30O2P2. The van der Waals surface area contributed by atoms with Gasteiger partial charge in [0.2, 0.25) is 0 Å². The number of aryl methyl sites for hydroxylation is 1. The number of hydrogen-bond acceptors (Lipinski definition) is 2. The van der Waals surface area contributed by atoms with Crippen molar-refractivity contribution in [2.24, 2.45) is 0 Å². The van der Waals surface area contributed by atoms with Gasteiger partial charge in [0.1, 0.15) is 0 Å². The van der Waals surface area contributed by atoms with Crippen molar-refractivity contribution < 1.29 is 9.13 Å². The fourth-order valence-electron chi connectivity index (χ4n) is 5.13. The fourth-order valence-corrected chi connectivity index (χ4v) is 11.9. The minimum atomic E-state index is -3.46. The van der Waals surface area contributed by atoms with Gasteiger partial charge in [-0.15, -0.1) is 0 Å². The van der Waals surface area contributed by atoms with Crippen LogP contribution >= 0.6 is 14.3 Å². The number of allylic oxidation sites excluding steroid dienone is 1. The van der Waals surface area contributed by atoms with Gasteiger partial charge in [-0.2, -0.15) is 0 Å². The SMILES string of the molecule is C=C(C(c1cccc(C)c1)P(=O)(c1ccccc1)c1ccccc1)P(=O)(c1ccccc1)c1ccccc1. The van der Waals surface area contributed by atoms with Gasteiger partial charge in [0.05, 0.1) is 5.66 Å². The zero-order chi connectivity index (χ0) is 26.6. The van der Waals surface area contributed by atoms with Crippen LogP contribution in [0.15, 0.2) is 157 Å². The van der Waals surface area contributed by atoms with E-state index < -0.39 is 19.9 Å². The highest BCUT2D eigenvalue weighted by Gasteiger charge is 2.46. The standard InChI is InChI=1S/C34H30O2P2/c1-27-16-15-17-29(26-27)34(38(36,32-22-11-5-12-23-32)33-24-13-6-14-25-33)28(2)37(35,30-18-7-3-8-19-30)31-20-9-4-10-21-31/h3-26,34H,2H2,1H3. The largest absolute Gasteiger partial charge is 0.313 e. The van der Waals surface area contributed by atoms with Gasteiger partial charge in [-0.1, -0.05) is 158 Å². The first-order valence-corrected chi connectivity index (χ1v) is 16.1. The van der Waals surface area contributed by atoms with Gasteiger partial charge >= 0.3 is 0 Å². The predicted octanol–water partition coefficient (Wildman–Crippen LogP) is 7.58. The quantitative estimate of drug-likeness (QED) is 0.193. The predicted molar refractivity (Wildman–Crippen MR) is 163 cm³/mol. The van der Waals surface area contributed by atoms with Gasteiger partial charge in [-0.05, 0) is 12.5 Å². The Balaban J connectivity index is 1.86. The molecule has 5 aromatic carbocycles. The molecule has 38 heavy (non-hydrogen) atoms. The van der Waals surface area contributed by atoms with Crippen molar-refractivity contribution in [3.8, 4) is 0 Å². The fraction of sp³-hybridized carbons (Fsp3) is 0.0588. The number of benzene rings is 5. The first kappa shape index (κ1) is 25.9. The van der Waals surface area contributed by atoms with Crippen molar-refractivity contribution in [1.29, 1.82) is 0 Å². The minimum Gasteiger partial charge on any atom is -0.313 e. The van der Waals surface area contributed by atoms with Gasteiger partial charge in [-0.25, -0.2) is 0 Å². The van der Waals surface area contributed by atoms with Crippen LogP contribution in [0.4, 0.5) is 0 Å². The lowest BCUT2D eigenvalue weighted by Gasteiger charge is -2.34. The Bertz CT molecular complexity index is 1540. The van der Waals surface area contributed by atoms with E-state index in [2.05, 4.69) is 12.6 Å². The van der Waals surface area contributed by atoms with Gasteiger partial charge in [-0.3, -0.25) is 0 Å². The lowest BCUT2D eigenvalue weighted by molar-refractivity contribution is 0.579. The number of hydrogen-bond donors (Lipinski definition) is 0. The second-order valence-electron chi connectivity index (χ2n) is 9.42. The van der Waals surface area contributed by atoms with Crippen LogP contribution in [-0.4, -0.2) is 0 Å². The highest BCUT2D eigenvalue weighted by Crippen LogP contribution is 2.68. The normalized spacial score (nSPS) is 12.6. The van der Waals surface area contributed by atoms with Crippen molar-refractivity contribution in [1.82, 2.24) is 0 Å². The molecule has 1 unspecified atom stereocenters. The molecule has 0 fully saturated rings. The Morgan fingerprint density at radius 2 is 0.947 bits per heavy atom. The lowest BCUT2D eigenvalue weighted by atomic mass is 10.1. The maximum Gasteiger partial charge on any atom is 0.167 e. The average Bonchev–Trinajstić information content (AvgIpc) is 2.98. The van der Waals surface area contributed by atoms with Gasteiger partial charge in [0.15, 0.2) is 14.3 Å². The first-order valence-electron chi connectivity index (χ1n) is 12.6. The molecular weight excluding hydrogens is 502 g/mol. The van der Waals surface area contributed by atoms with E-state index in [1.807, 2.05) is 146 Å². The van der Waals surface area contributed by atoms with Gasteiger partial charge in [0.25, 0.3) is 0 Å². The molecule has 5 aromatic rings. The molecule has 0 aliphatic carbocycles. The molecule has 5 rings (SSSR count). The van der Waals surface area contributed by atoms with Crippen molar-refractivity contribution in [2.45, 2.75) is 12.6 Å². The molecule has 0 amide bonds. The third-order valence-electron chi connectivity index (χ3n) is 6.96. The summed E-state index contributed by atoms with van der Waals surface area (Å²) < 4.78 is 31.3. The smallest absolute Gasteiger partial charge is 0.167 e. The van der Waals surface area contributed by atoms with Crippen LogP contribution in [0.5, 0.6) is 0 Å². The van der Waals surface area contributed by atoms with E-state index >= 15 is 9.13 Å². The second kappa shape index (κ2) is 11.0. The molecule has 0 heterocycles. The van der Waals surface area contributed by atoms with Crippen molar-refractivity contribution >= 4 is 35.5 Å². The lowest BCUT2D eigenvalue weighted by Crippen LogP contribution is -2.26. The topological polar surface area (TPSA) is 34.1 Å². The van der Waals surface area contributed by atoms with Crippen LogP contribution in [0.3, 0.4) is 0 Å². The Labute approximate surface area is 225 Å². The summed E-state index contributed by atoms with van der Waals surface area (Å²) in [6.07, 6.45) is 0. The molecule has 0 saturated heterocycles. The molecule has 0 N–H and O–H groups in total. The Morgan fingerprint density at radius 1 is 0.553 bits per heavy atom. The monoisotopic (exact) mass is 532 g/mol. The molecule has 0 aliphatic heterocycles. The van der Waals surface area contributed by atoms with Crippen LogP contribution in [0.25, 0.3) is 0 Å². The summed E-state index contributed by atoms with van der Waals surface area (Å²) in [5.41, 5.74) is 1.18. The molecule has 0 bridgehead atoms. The molecule has 0 aliphatic rings. The van der Waals surface area contributed by atoms with Gasteiger partial charge in [0, 0.05) is 26.5 Å². The molecule has 0 radical (unpaired) electrons. The summed E-state index contributed by atoms with van der Waals surface area (Å²) in [6, 6.07) is 46.2. The Kier molecular flexibility index (Phi) is 7.48. The summed E-state index contributed by atoms with van der Waals surface area (Å²) in [5.74, 6) is 0. The molecule has 0 aromatic heterocycles. The molecule has 0 saturated carbocycles. The molecule has 188 valence electrons. The van der Waals surface area contributed by atoms with Crippen LogP contribution in [0, 0.1) is 6.92 Å². The van der Waals surface area contributed by atoms with E-state index in [9.17, 15) is 0 Å². The van der Waals surface area contributed by atoms with Crippen LogP contribution in [0.1, 0.15) is 16.8 Å². The third kappa shape index (κ3) is 4.67. The number of rotatable bonds is 8. The van der Waals surface area contributed by atoms with E-state index in [1.165, 1.54) is 0 Å². The van der Waals surface area contributed by atoms with Gasteiger partial charge < -0.3 is 9.13 Å².